The highest BCUT2D eigenvalue weighted by molar-refractivity contribution is 5.36. The summed E-state index contributed by atoms with van der Waals surface area (Å²) in [5, 5.41) is 0. The van der Waals surface area contributed by atoms with Crippen LogP contribution in [0.1, 0.15) is 24.5 Å². The van der Waals surface area contributed by atoms with Gasteiger partial charge in [-0.2, -0.15) is 0 Å². The van der Waals surface area contributed by atoms with Crippen molar-refractivity contribution in [2.45, 2.75) is 19.8 Å². The van der Waals surface area contributed by atoms with Crippen molar-refractivity contribution in [3.8, 4) is 5.69 Å². The molecule has 0 N–H and O–H groups in total. The number of pyridine rings is 1. The topological polar surface area (TPSA) is 22.0 Å². The van der Waals surface area contributed by atoms with Gasteiger partial charge in [-0.25, -0.2) is 8.78 Å². The lowest BCUT2D eigenvalue weighted by Gasteiger charge is -2.08. The third-order valence-corrected chi connectivity index (χ3v) is 2.81. The molecule has 0 aliphatic heterocycles. The Kier molecular flexibility index (Phi) is 3.55. The molecule has 2 rings (SSSR count). The molecule has 4 heteroatoms. The van der Waals surface area contributed by atoms with Crippen molar-refractivity contribution in [2.24, 2.45) is 0 Å². The number of aryl methyl sites for hydroxylation is 1. The molecule has 1 heterocycles. The van der Waals surface area contributed by atoms with Gasteiger partial charge in [-0.15, -0.1) is 0 Å². The van der Waals surface area contributed by atoms with E-state index in [9.17, 15) is 13.6 Å². The summed E-state index contributed by atoms with van der Waals surface area (Å²) < 4.78 is 26.4. The minimum atomic E-state index is -2.58. The third-order valence-electron chi connectivity index (χ3n) is 2.81. The summed E-state index contributed by atoms with van der Waals surface area (Å²) in [4.78, 5) is 11.7. The average Bonchev–Trinajstić information content (AvgIpc) is 2.39. The first-order valence-electron chi connectivity index (χ1n) is 5.72. The molecule has 2 nitrogen and oxygen atoms in total. The molecule has 0 unspecified atom stereocenters. The van der Waals surface area contributed by atoms with Crippen LogP contribution in [0.5, 0.6) is 0 Å². The summed E-state index contributed by atoms with van der Waals surface area (Å²) in [5.41, 5.74) is 1.26. The van der Waals surface area contributed by atoms with E-state index in [4.69, 9.17) is 0 Å². The zero-order valence-electron chi connectivity index (χ0n) is 9.94. The van der Waals surface area contributed by atoms with E-state index in [0.717, 1.165) is 24.1 Å². The van der Waals surface area contributed by atoms with Crippen molar-refractivity contribution in [1.82, 2.24) is 4.57 Å². The van der Waals surface area contributed by atoms with Gasteiger partial charge in [0.1, 0.15) is 0 Å². The van der Waals surface area contributed by atoms with Crippen LogP contribution in [-0.2, 0) is 6.42 Å². The number of alkyl halides is 2. The van der Waals surface area contributed by atoms with Gasteiger partial charge in [0.05, 0.1) is 0 Å². The van der Waals surface area contributed by atoms with Crippen LogP contribution in [0.3, 0.4) is 0 Å². The van der Waals surface area contributed by atoms with Gasteiger partial charge < -0.3 is 0 Å². The molecule has 1 aromatic carbocycles. The number of rotatable bonds is 3. The normalized spacial score (nSPS) is 10.9. The summed E-state index contributed by atoms with van der Waals surface area (Å²) in [6, 6.07) is 9.61. The smallest absolute Gasteiger partial charge is 0.265 e. The predicted octanol–water partition coefficient (Wildman–Crippen LogP) is 3.34. The first-order valence-corrected chi connectivity index (χ1v) is 5.72. The second-order valence-electron chi connectivity index (χ2n) is 3.99. The van der Waals surface area contributed by atoms with Crippen LogP contribution in [0.15, 0.2) is 47.4 Å². The van der Waals surface area contributed by atoms with Gasteiger partial charge in [0.25, 0.3) is 12.0 Å². The van der Waals surface area contributed by atoms with Gasteiger partial charge in [0.2, 0.25) is 0 Å². The lowest BCUT2D eigenvalue weighted by molar-refractivity contribution is 0.150. The number of nitrogens with zero attached hydrogens (tertiary/aromatic N) is 1. The van der Waals surface area contributed by atoms with Crippen molar-refractivity contribution in [1.29, 1.82) is 0 Å². The molecule has 0 bridgehead atoms. The van der Waals surface area contributed by atoms with E-state index in [-0.39, 0.29) is 11.1 Å². The molecule has 0 aliphatic rings. The van der Waals surface area contributed by atoms with Gasteiger partial charge in [-0.3, -0.25) is 9.36 Å². The van der Waals surface area contributed by atoms with E-state index in [1.165, 1.54) is 10.8 Å². The van der Waals surface area contributed by atoms with Gasteiger partial charge >= 0.3 is 0 Å². The Labute approximate surface area is 104 Å². The molecule has 0 atom stereocenters. The molecule has 0 radical (unpaired) electrons. The lowest BCUT2D eigenvalue weighted by Crippen LogP contribution is -2.17. The fraction of sp³-hybridized carbons (Fsp3) is 0.214. The van der Waals surface area contributed by atoms with Crippen molar-refractivity contribution in [3.63, 3.8) is 0 Å². The van der Waals surface area contributed by atoms with Gasteiger partial charge in [-0.1, -0.05) is 19.1 Å². The summed E-state index contributed by atoms with van der Waals surface area (Å²) >= 11 is 0. The van der Waals surface area contributed by atoms with Crippen LogP contribution < -0.4 is 5.56 Å². The Hall–Kier alpha value is -1.97. The van der Waals surface area contributed by atoms with E-state index in [2.05, 4.69) is 0 Å². The molecule has 18 heavy (non-hydrogen) atoms. The van der Waals surface area contributed by atoms with Gasteiger partial charge in [-0.05, 0) is 30.2 Å². The van der Waals surface area contributed by atoms with Gasteiger partial charge in [0.15, 0.2) is 0 Å². The maximum absolute atomic E-state index is 12.6. The lowest BCUT2D eigenvalue weighted by atomic mass is 10.1. The van der Waals surface area contributed by atoms with Crippen molar-refractivity contribution < 1.29 is 8.78 Å². The zero-order chi connectivity index (χ0) is 13.1. The number of halogens is 2. The minimum Gasteiger partial charge on any atom is -0.284 e. The van der Waals surface area contributed by atoms with Crippen molar-refractivity contribution in [2.75, 3.05) is 0 Å². The fourth-order valence-corrected chi connectivity index (χ4v) is 1.73. The standard InChI is InChI=1S/C14H13F2NO/c1-2-10-3-6-12(7-4-10)17-9-11(14(15)16)5-8-13(17)18/h3-9,14H,2H2,1H3. The quantitative estimate of drug-likeness (QED) is 0.817. The molecule has 0 spiro atoms. The maximum atomic E-state index is 12.6. The van der Waals surface area contributed by atoms with Crippen LogP contribution in [0.2, 0.25) is 0 Å². The fourth-order valence-electron chi connectivity index (χ4n) is 1.73. The Morgan fingerprint density at radius 1 is 1.11 bits per heavy atom. The van der Waals surface area contributed by atoms with E-state index in [0.29, 0.717) is 5.69 Å². The maximum Gasteiger partial charge on any atom is 0.265 e. The number of benzene rings is 1. The molecule has 0 amide bonds. The molecule has 0 saturated heterocycles. The summed E-state index contributed by atoms with van der Waals surface area (Å²) in [6.45, 7) is 2.03. The molecular weight excluding hydrogens is 236 g/mol. The predicted molar refractivity (Wildman–Crippen MR) is 66.4 cm³/mol. The van der Waals surface area contributed by atoms with Crippen molar-refractivity contribution in [3.05, 3.63) is 64.1 Å². The molecule has 1 aromatic heterocycles. The molecule has 2 aromatic rings. The largest absolute Gasteiger partial charge is 0.284 e. The molecule has 0 saturated carbocycles. The van der Waals surface area contributed by atoms with E-state index in [1.807, 2.05) is 19.1 Å². The zero-order valence-corrected chi connectivity index (χ0v) is 9.94. The molecule has 0 aliphatic carbocycles. The van der Waals surface area contributed by atoms with Crippen molar-refractivity contribution >= 4 is 0 Å². The van der Waals surface area contributed by atoms with E-state index in [1.54, 1.807) is 12.1 Å². The highest BCUT2D eigenvalue weighted by atomic mass is 19.3. The summed E-state index contributed by atoms with van der Waals surface area (Å²) in [5.74, 6) is 0. The SMILES string of the molecule is CCc1ccc(-n2cc(C(F)F)ccc2=O)cc1. The average molecular weight is 249 g/mol. The van der Waals surface area contributed by atoms with E-state index < -0.39 is 6.43 Å². The molecular formula is C14H13F2NO. The first-order chi connectivity index (χ1) is 8.61. The van der Waals surface area contributed by atoms with Crippen LogP contribution in [0.25, 0.3) is 5.69 Å². The third kappa shape index (κ3) is 2.47. The number of aromatic nitrogens is 1. The molecule has 94 valence electrons. The first kappa shape index (κ1) is 12.5. The highest BCUT2D eigenvalue weighted by Gasteiger charge is 2.09. The van der Waals surface area contributed by atoms with Crippen LogP contribution in [0.4, 0.5) is 8.78 Å². The summed E-state index contributed by atoms with van der Waals surface area (Å²) in [7, 11) is 0. The van der Waals surface area contributed by atoms with E-state index >= 15 is 0 Å². The van der Waals surface area contributed by atoms with Crippen LogP contribution in [-0.4, -0.2) is 4.57 Å². The number of hydrogen-bond acceptors (Lipinski definition) is 1. The Morgan fingerprint density at radius 3 is 2.33 bits per heavy atom. The summed E-state index contributed by atoms with van der Waals surface area (Å²) in [6.07, 6.45) is -0.494. The number of hydrogen-bond donors (Lipinski definition) is 0. The Bertz CT molecular complexity index is 587. The second kappa shape index (κ2) is 5.12. The molecule has 0 fully saturated rings. The highest BCUT2D eigenvalue weighted by Crippen LogP contribution is 2.18. The van der Waals surface area contributed by atoms with Crippen LogP contribution in [0, 0.1) is 0 Å². The minimum absolute atomic E-state index is 0.158. The van der Waals surface area contributed by atoms with Crippen LogP contribution >= 0.6 is 0 Å². The Morgan fingerprint density at radius 2 is 1.78 bits per heavy atom. The monoisotopic (exact) mass is 249 g/mol. The Balaban J connectivity index is 2.48. The van der Waals surface area contributed by atoms with Gasteiger partial charge in [0, 0.05) is 23.5 Å². The second-order valence-corrected chi connectivity index (χ2v) is 3.99.